The minimum atomic E-state index is -0.111. The van der Waals surface area contributed by atoms with Gasteiger partial charge in [0, 0.05) is 29.5 Å². The van der Waals surface area contributed by atoms with Crippen LogP contribution in [0.4, 0.5) is 0 Å². The molecule has 2 N–H and O–H groups in total. The number of carbonyl (C=O) groups is 1. The van der Waals surface area contributed by atoms with E-state index in [-0.39, 0.29) is 12.0 Å². The Hall–Kier alpha value is -2.44. The number of rotatable bonds is 6. The molecule has 0 bridgehead atoms. The van der Waals surface area contributed by atoms with Crippen molar-refractivity contribution in [2.75, 3.05) is 20.3 Å². The summed E-state index contributed by atoms with van der Waals surface area (Å²) in [4.78, 5) is 18.3. The van der Waals surface area contributed by atoms with Gasteiger partial charge in [-0.25, -0.2) is 0 Å². The Morgan fingerprint density at radius 3 is 2.82 bits per heavy atom. The third kappa shape index (κ3) is 4.03. The second kappa shape index (κ2) is 8.29. The smallest absolute Gasteiger partial charge is 0.269 e. The normalized spacial score (nSPS) is 16.4. The summed E-state index contributed by atoms with van der Waals surface area (Å²) in [5.41, 5.74) is 2.67. The Kier molecular flexibility index (Phi) is 5.59. The van der Waals surface area contributed by atoms with Crippen molar-refractivity contribution in [2.45, 2.75) is 35.7 Å². The fraction of sp³-hybridized carbons (Fsp3) is 0.318. The summed E-state index contributed by atoms with van der Waals surface area (Å²) in [6, 6.07) is 14.2. The molecule has 2 heterocycles. The number of carbonyl (C=O) groups excluding carboxylic acids is 1. The fourth-order valence-corrected chi connectivity index (χ4v) is 4.41. The molecule has 3 aromatic rings. The average molecular weight is 397 g/mol. The molecule has 28 heavy (non-hydrogen) atoms. The maximum Gasteiger partial charge on any atom is 0.269 e. The number of aromatic nitrogens is 1. The molecule has 0 unspecified atom stereocenters. The quantitative estimate of drug-likeness (QED) is 0.642. The van der Waals surface area contributed by atoms with Gasteiger partial charge in [0.25, 0.3) is 5.91 Å². The lowest BCUT2D eigenvalue weighted by Crippen LogP contribution is -2.32. The molecule has 146 valence electrons. The first kappa shape index (κ1) is 18.9. The zero-order valence-corrected chi connectivity index (χ0v) is 16.9. The fourth-order valence-electron chi connectivity index (χ4n) is 3.37. The van der Waals surface area contributed by atoms with E-state index in [4.69, 9.17) is 9.47 Å². The summed E-state index contributed by atoms with van der Waals surface area (Å²) in [5, 5.41) is 4.03. The third-order valence-electron chi connectivity index (χ3n) is 4.94. The largest absolute Gasteiger partial charge is 0.497 e. The first-order chi connectivity index (χ1) is 13.6. The molecular weight excluding hydrogens is 372 g/mol. The molecule has 5 nitrogen and oxygen atoms in total. The molecule has 1 aromatic heterocycles. The van der Waals surface area contributed by atoms with Crippen molar-refractivity contribution in [3.05, 3.63) is 53.7 Å². The van der Waals surface area contributed by atoms with Crippen molar-refractivity contribution in [2.24, 2.45) is 0 Å². The molecule has 0 spiro atoms. The number of ether oxygens (including phenoxy) is 2. The van der Waals surface area contributed by atoms with Gasteiger partial charge in [-0.2, -0.15) is 0 Å². The highest BCUT2D eigenvalue weighted by atomic mass is 32.2. The van der Waals surface area contributed by atoms with Crippen molar-refractivity contribution in [1.82, 2.24) is 10.3 Å². The summed E-state index contributed by atoms with van der Waals surface area (Å²) in [7, 11) is 1.64. The minimum absolute atomic E-state index is 0.111. The number of benzene rings is 2. The van der Waals surface area contributed by atoms with E-state index in [9.17, 15) is 4.79 Å². The van der Waals surface area contributed by atoms with E-state index in [1.807, 2.05) is 18.2 Å². The molecule has 4 rings (SSSR count). The topological polar surface area (TPSA) is 63.4 Å². The predicted octanol–water partition coefficient (Wildman–Crippen LogP) is 4.54. The van der Waals surface area contributed by atoms with Crippen LogP contribution in [0.2, 0.25) is 0 Å². The van der Waals surface area contributed by atoms with Crippen LogP contribution < -0.4 is 10.1 Å². The Bertz CT molecular complexity index is 975. The van der Waals surface area contributed by atoms with E-state index in [2.05, 4.69) is 41.5 Å². The highest BCUT2D eigenvalue weighted by Crippen LogP contribution is 2.38. The summed E-state index contributed by atoms with van der Waals surface area (Å²) in [6.45, 7) is 3.38. The first-order valence-electron chi connectivity index (χ1n) is 9.48. The molecule has 1 amide bonds. The Labute approximate surface area is 168 Å². The number of methoxy groups -OCH3 is 1. The van der Waals surface area contributed by atoms with Crippen molar-refractivity contribution >= 4 is 28.6 Å². The van der Waals surface area contributed by atoms with Gasteiger partial charge in [-0.1, -0.05) is 29.5 Å². The number of H-pyrrole nitrogens is 1. The summed E-state index contributed by atoms with van der Waals surface area (Å²) in [6.07, 6.45) is 2.16. The van der Waals surface area contributed by atoms with Gasteiger partial charge in [-0.05, 0) is 44.0 Å². The van der Waals surface area contributed by atoms with Crippen LogP contribution in [-0.2, 0) is 4.74 Å². The predicted molar refractivity (Wildman–Crippen MR) is 111 cm³/mol. The van der Waals surface area contributed by atoms with Crippen molar-refractivity contribution in [3.8, 4) is 5.75 Å². The summed E-state index contributed by atoms with van der Waals surface area (Å²) >= 11 is 1.59. The van der Waals surface area contributed by atoms with Gasteiger partial charge < -0.3 is 19.8 Å². The number of amides is 1. The van der Waals surface area contributed by atoms with Crippen LogP contribution in [0.15, 0.2) is 52.3 Å². The zero-order valence-electron chi connectivity index (χ0n) is 16.1. The molecule has 1 atom stereocenters. The van der Waals surface area contributed by atoms with E-state index >= 15 is 0 Å². The van der Waals surface area contributed by atoms with Gasteiger partial charge in [-0.3, -0.25) is 4.79 Å². The highest BCUT2D eigenvalue weighted by Gasteiger charge is 2.22. The average Bonchev–Trinajstić information content (AvgIpc) is 3.35. The molecular formula is C22H24N2O3S. The van der Waals surface area contributed by atoms with Gasteiger partial charge >= 0.3 is 0 Å². The molecule has 6 heteroatoms. The van der Waals surface area contributed by atoms with Crippen molar-refractivity contribution in [1.29, 1.82) is 0 Å². The Morgan fingerprint density at radius 2 is 2.11 bits per heavy atom. The lowest BCUT2D eigenvalue weighted by atomic mass is 10.2. The van der Waals surface area contributed by atoms with Crippen LogP contribution in [-0.4, -0.2) is 37.3 Å². The number of hydrogen-bond acceptors (Lipinski definition) is 4. The van der Waals surface area contributed by atoms with E-state index in [0.29, 0.717) is 12.2 Å². The maximum atomic E-state index is 12.9. The maximum absolute atomic E-state index is 12.9. The van der Waals surface area contributed by atoms with Crippen LogP contribution in [0.5, 0.6) is 5.75 Å². The summed E-state index contributed by atoms with van der Waals surface area (Å²) < 4.78 is 11.0. The Balaban J connectivity index is 1.66. The highest BCUT2D eigenvalue weighted by molar-refractivity contribution is 7.99. The molecule has 1 aliphatic heterocycles. The monoisotopic (exact) mass is 396 g/mol. The van der Waals surface area contributed by atoms with Gasteiger partial charge in [0.1, 0.15) is 11.4 Å². The Morgan fingerprint density at radius 1 is 1.29 bits per heavy atom. The second-order valence-corrected chi connectivity index (χ2v) is 8.08. The molecule has 1 aliphatic rings. The standard InChI is InChI=1S/C22H24N2O3S/c1-14-5-8-17(9-6-14)28-21-18-10-7-15(26-2)12-19(18)24-20(21)22(25)23-13-16-4-3-11-27-16/h5-10,12,16,24H,3-4,11,13H2,1-2H3,(H,23,25)/t16-/m1/s1. The number of aromatic amines is 1. The van der Waals surface area contributed by atoms with Crippen molar-refractivity contribution in [3.63, 3.8) is 0 Å². The van der Waals surface area contributed by atoms with Gasteiger partial charge in [-0.15, -0.1) is 0 Å². The van der Waals surface area contributed by atoms with Crippen LogP contribution in [0.1, 0.15) is 28.9 Å². The van der Waals surface area contributed by atoms with Crippen LogP contribution >= 0.6 is 11.8 Å². The zero-order chi connectivity index (χ0) is 19.5. The molecule has 1 fully saturated rings. The van der Waals surface area contributed by atoms with Crippen molar-refractivity contribution < 1.29 is 14.3 Å². The SMILES string of the molecule is COc1ccc2c(Sc3ccc(C)cc3)c(C(=O)NC[C@H]3CCCO3)[nH]c2c1. The van der Waals surface area contributed by atoms with Gasteiger partial charge in [0.2, 0.25) is 0 Å². The molecule has 0 radical (unpaired) electrons. The van der Waals surface area contributed by atoms with Crippen LogP contribution in [0, 0.1) is 6.92 Å². The van der Waals surface area contributed by atoms with E-state index in [0.717, 1.165) is 45.9 Å². The number of aryl methyl sites for hydroxylation is 1. The van der Waals surface area contributed by atoms with Crippen LogP contribution in [0.3, 0.4) is 0 Å². The van der Waals surface area contributed by atoms with E-state index in [1.165, 1.54) is 5.56 Å². The van der Waals surface area contributed by atoms with Crippen LogP contribution in [0.25, 0.3) is 10.9 Å². The summed E-state index contributed by atoms with van der Waals surface area (Å²) in [5.74, 6) is 0.646. The number of nitrogens with one attached hydrogen (secondary N) is 2. The molecule has 2 aromatic carbocycles. The number of fused-ring (bicyclic) bond motifs is 1. The second-order valence-electron chi connectivity index (χ2n) is 7.00. The van der Waals surface area contributed by atoms with E-state index < -0.39 is 0 Å². The lowest BCUT2D eigenvalue weighted by molar-refractivity contribution is 0.0852. The molecule has 0 aliphatic carbocycles. The molecule has 1 saturated heterocycles. The minimum Gasteiger partial charge on any atom is -0.497 e. The first-order valence-corrected chi connectivity index (χ1v) is 10.3. The lowest BCUT2D eigenvalue weighted by Gasteiger charge is -2.11. The third-order valence-corrected chi connectivity index (χ3v) is 6.08. The molecule has 0 saturated carbocycles. The van der Waals surface area contributed by atoms with E-state index in [1.54, 1.807) is 18.9 Å². The number of hydrogen-bond donors (Lipinski definition) is 2. The van der Waals surface area contributed by atoms with Gasteiger partial charge in [0.05, 0.1) is 23.6 Å². The van der Waals surface area contributed by atoms with Gasteiger partial charge in [0.15, 0.2) is 0 Å².